The van der Waals surface area contributed by atoms with Crippen LogP contribution in [0.1, 0.15) is 19.3 Å². The number of carboxylic acids is 1. The normalized spacial score (nSPS) is 11.6. The Kier molecular flexibility index (Phi) is 9.69. The number of imidazole rings is 1. The third kappa shape index (κ3) is 9.18. The van der Waals surface area contributed by atoms with Crippen LogP contribution in [-0.2, 0) is 18.4 Å². The topological polar surface area (TPSA) is 124 Å². The molecule has 1 unspecified atom stereocenters. The molecule has 1 heterocycles. The number of hydrogen-bond acceptors (Lipinski definition) is 4. The van der Waals surface area contributed by atoms with Crippen molar-refractivity contribution in [1.82, 2.24) is 4.57 Å². The molecule has 0 aliphatic rings. The number of rotatable bonds is 7. The first-order valence-electron chi connectivity index (χ1n) is 6.40. The van der Waals surface area contributed by atoms with Crippen LogP contribution in [0.3, 0.4) is 0 Å². The second-order valence-corrected chi connectivity index (χ2v) is 4.33. The number of unbranched alkanes of at least 4 members (excludes halogenated alkanes) is 1. The van der Waals surface area contributed by atoms with Gasteiger partial charge in [-0.15, -0.1) is 0 Å². The van der Waals surface area contributed by atoms with Crippen LogP contribution in [-0.4, -0.2) is 34.8 Å². The Morgan fingerprint density at radius 2 is 2.05 bits per heavy atom. The fourth-order valence-corrected chi connectivity index (χ4v) is 1.42. The van der Waals surface area contributed by atoms with Gasteiger partial charge >= 0.3 is 5.97 Å². The fraction of sp³-hybridized carbons (Fsp3) is 0.667. The molecule has 0 amide bonds. The summed E-state index contributed by atoms with van der Waals surface area (Å²) in [7, 11) is 1.99. The van der Waals surface area contributed by atoms with E-state index in [1.165, 1.54) is 0 Å². The van der Waals surface area contributed by atoms with Gasteiger partial charge in [-0.1, -0.05) is 6.42 Å². The number of carboxylic acid groups (broad SMARTS) is 1. The highest BCUT2D eigenvalue weighted by atomic mass is 16.4. The van der Waals surface area contributed by atoms with Crippen molar-refractivity contribution in [2.45, 2.75) is 31.8 Å². The molecule has 110 valence electrons. The van der Waals surface area contributed by atoms with Gasteiger partial charge in [0.2, 0.25) is 6.33 Å². The maximum Gasteiger partial charge on any atom is 0.320 e. The minimum absolute atomic E-state index is 0.520. The first-order valence-corrected chi connectivity index (χ1v) is 6.40. The summed E-state index contributed by atoms with van der Waals surface area (Å²) in [6, 6.07) is -0.716. The van der Waals surface area contributed by atoms with Crippen LogP contribution in [0.2, 0.25) is 0 Å². The molecule has 7 nitrogen and oxygen atoms in total. The third-order valence-corrected chi connectivity index (χ3v) is 2.50. The van der Waals surface area contributed by atoms with E-state index >= 15 is 0 Å². The predicted octanol–water partition coefficient (Wildman–Crippen LogP) is -1.20. The molecular weight excluding hydrogens is 246 g/mol. The van der Waals surface area contributed by atoms with Crippen molar-refractivity contribution in [2.75, 3.05) is 13.1 Å². The largest absolute Gasteiger partial charge is 0.480 e. The Hall–Kier alpha value is -1.44. The van der Waals surface area contributed by atoms with Crippen molar-refractivity contribution in [1.29, 1.82) is 0 Å². The fourth-order valence-electron chi connectivity index (χ4n) is 1.42. The SMILES string of the molecule is Cn1cc[n+](CCN)c1.NCCCCC(N)C(=O)O. The van der Waals surface area contributed by atoms with E-state index in [4.69, 9.17) is 22.3 Å². The molecule has 1 atom stereocenters. The lowest BCUT2D eigenvalue weighted by Gasteiger charge is -2.03. The summed E-state index contributed by atoms with van der Waals surface area (Å²) < 4.78 is 4.05. The van der Waals surface area contributed by atoms with Crippen molar-refractivity contribution in [2.24, 2.45) is 24.2 Å². The summed E-state index contributed by atoms with van der Waals surface area (Å²) in [5.41, 5.74) is 15.8. The van der Waals surface area contributed by atoms with Crippen LogP contribution in [0, 0.1) is 0 Å². The molecule has 0 aliphatic heterocycles. The number of aromatic nitrogens is 2. The molecule has 0 aromatic carbocycles. The number of nitrogens with two attached hydrogens (primary N) is 3. The Morgan fingerprint density at radius 3 is 2.47 bits per heavy atom. The standard InChI is InChI=1S/C6H12N3.C6H14N2O2/c1-8-4-5-9(6-8)3-2-7;7-4-2-1-3-5(8)6(9)10/h4-6H,2-3,7H2,1H3;5H,1-4,7-8H2,(H,9,10)/q+1;. The van der Waals surface area contributed by atoms with Gasteiger partial charge in [-0.25, -0.2) is 9.13 Å². The van der Waals surface area contributed by atoms with Crippen LogP contribution in [0.4, 0.5) is 0 Å². The molecule has 0 aliphatic carbocycles. The maximum atomic E-state index is 10.1. The zero-order valence-corrected chi connectivity index (χ0v) is 11.5. The second kappa shape index (κ2) is 10.5. The molecule has 0 fully saturated rings. The highest BCUT2D eigenvalue weighted by Crippen LogP contribution is 1.96. The number of nitrogens with zero attached hydrogens (tertiary/aromatic N) is 2. The lowest BCUT2D eigenvalue weighted by Crippen LogP contribution is -2.35. The zero-order valence-electron chi connectivity index (χ0n) is 11.5. The van der Waals surface area contributed by atoms with Crippen LogP contribution in [0.15, 0.2) is 18.7 Å². The molecule has 1 aromatic rings. The van der Waals surface area contributed by atoms with Crippen molar-refractivity contribution in [3.63, 3.8) is 0 Å². The van der Waals surface area contributed by atoms with Crippen molar-refractivity contribution in [3.8, 4) is 0 Å². The minimum Gasteiger partial charge on any atom is -0.480 e. The molecule has 19 heavy (non-hydrogen) atoms. The highest BCUT2D eigenvalue weighted by Gasteiger charge is 2.09. The van der Waals surface area contributed by atoms with Gasteiger partial charge in [0.25, 0.3) is 0 Å². The quantitative estimate of drug-likeness (QED) is 0.366. The lowest BCUT2D eigenvalue weighted by molar-refractivity contribution is -0.693. The van der Waals surface area contributed by atoms with Crippen molar-refractivity contribution >= 4 is 5.97 Å². The molecule has 7 heteroatoms. The number of carbonyl (C=O) groups is 1. The summed E-state index contributed by atoms with van der Waals surface area (Å²) in [5.74, 6) is -0.933. The Balaban J connectivity index is 0.000000342. The van der Waals surface area contributed by atoms with Gasteiger partial charge in [-0.2, -0.15) is 0 Å². The van der Waals surface area contributed by atoms with Gasteiger partial charge in [0.1, 0.15) is 25.0 Å². The minimum atomic E-state index is -0.933. The molecule has 0 spiro atoms. The van der Waals surface area contributed by atoms with Gasteiger partial charge in [-0.05, 0) is 19.4 Å². The number of hydrogen-bond donors (Lipinski definition) is 4. The summed E-state index contributed by atoms with van der Waals surface area (Å²) in [4.78, 5) is 10.1. The average molecular weight is 272 g/mol. The van der Waals surface area contributed by atoms with Gasteiger partial charge in [0.15, 0.2) is 0 Å². The average Bonchev–Trinajstić information content (AvgIpc) is 2.76. The monoisotopic (exact) mass is 272 g/mol. The number of aliphatic carboxylic acids is 1. The molecule has 1 aromatic heterocycles. The molecule has 0 saturated carbocycles. The van der Waals surface area contributed by atoms with E-state index in [1.54, 1.807) is 0 Å². The van der Waals surface area contributed by atoms with E-state index in [2.05, 4.69) is 4.57 Å². The molecule has 0 radical (unpaired) electrons. The second-order valence-electron chi connectivity index (χ2n) is 4.33. The van der Waals surface area contributed by atoms with Crippen LogP contribution in [0.25, 0.3) is 0 Å². The van der Waals surface area contributed by atoms with E-state index in [0.29, 0.717) is 19.5 Å². The summed E-state index contributed by atoms with van der Waals surface area (Å²) in [6.45, 7) is 2.21. The van der Waals surface area contributed by atoms with Gasteiger partial charge < -0.3 is 22.3 Å². The summed E-state index contributed by atoms with van der Waals surface area (Å²) in [6.07, 6.45) is 8.17. The van der Waals surface area contributed by atoms with E-state index in [-0.39, 0.29) is 0 Å². The summed E-state index contributed by atoms with van der Waals surface area (Å²) >= 11 is 0. The van der Waals surface area contributed by atoms with Crippen LogP contribution in [0.5, 0.6) is 0 Å². The first kappa shape index (κ1) is 17.6. The van der Waals surface area contributed by atoms with Crippen molar-refractivity contribution in [3.05, 3.63) is 18.7 Å². The van der Waals surface area contributed by atoms with E-state index < -0.39 is 12.0 Å². The summed E-state index contributed by atoms with van der Waals surface area (Å²) in [5, 5.41) is 8.33. The molecule has 7 N–H and O–H groups in total. The first-order chi connectivity index (χ1) is 9.01. The van der Waals surface area contributed by atoms with Crippen molar-refractivity contribution < 1.29 is 14.5 Å². The predicted molar refractivity (Wildman–Crippen MR) is 73.2 cm³/mol. The Labute approximate surface area is 114 Å². The van der Waals surface area contributed by atoms with Crippen LogP contribution < -0.4 is 21.8 Å². The van der Waals surface area contributed by atoms with E-state index in [1.807, 2.05) is 30.3 Å². The Morgan fingerprint density at radius 1 is 1.37 bits per heavy atom. The third-order valence-electron chi connectivity index (χ3n) is 2.50. The molecule has 0 saturated heterocycles. The lowest BCUT2D eigenvalue weighted by atomic mass is 10.1. The Bertz CT molecular complexity index is 354. The smallest absolute Gasteiger partial charge is 0.320 e. The zero-order chi connectivity index (χ0) is 14.7. The van der Waals surface area contributed by atoms with Gasteiger partial charge in [0, 0.05) is 6.54 Å². The molecule has 1 rings (SSSR count). The van der Waals surface area contributed by atoms with Gasteiger partial charge in [-0.3, -0.25) is 4.79 Å². The van der Waals surface area contributed by atoms with Crippen LogP contribution >= 0.6 is 0 Å². The maximum absolute atomic E-state index is 10.1. The molecular formula is C12H26N5O2+. The number of aryl methyl sites for hydroxylation is 1. The molecule has 0 bridgehead atoms. The van der Waals surface area contributed by atoms with E-state index in [0.717, 1.165) is 19.4 Å². The van der Waals surface area contributed by atoms with Gasteiger partial charge in [0.05, 0.1) is 7.05 Å². The highest BCUT2D eigenvalue weighted by molar-refractivity contribution is 5.72. The van der Waals surface area contributed by atoms with E-state index in [9.17, 15) is 4.79 Å².